The molecule has 1 atom stereocenters. The molecule has 0 spiro atoms. The molecule has 1 amide bonds. The number of hydrogen-bond acceptors (Lipinski definition) is 4. The number of carbonyl (C=O) groups is 1. The zero-order chi connectivity index (χ0) is 15.7. The zero-order valence-electron chi connectivity index (χ0n) is 13.0. The highest BCUT2D eigenvalue weighted by molar-refractivity contribution is 5.90. The van der Waals surface area contributed by atoms with E-state index < -0.39 is 6.09 Å². The van der Waals surface area contributed by atoms with Crippen LogP contribution in [0.1, 0.15) is 18.9 Å². The van der Waals surface area contributed by atoms with Gasteiger partial charge >= 0.3 is 6.09 Å². The summed E-state index contributed by atoms with van der Waals surface area (Å²) in [5.41, 5.74) is 1.99. The zero-order valence-corrected chi connectivity index (χ0v) is 13.0. The first kappa shape index (κ1) is 15.1. The Morgan fingerprint density at radius 3 is 2.64 bits per heavy atom. The van der Waals surface area contributed by atoms with Crippen LogP contribution in [0.3, 0.4) is 0 Å². The van der Waals surface area contributed by atoms with Crippen molar-refractivity contribution in [2.24, 2.45) is 0 Å². The number of anilines is 2. The number of cyclic esters (lactones) is 1. The predicted octanol–water partition coefficient (Wildman–Crippen LogP) is 2.71. The molecule has 2 aliphatic heterocycles. The lowest BCUT2D eigenvalue weighted by atomic mass is 10.1. The Labute approximate surface area is 129 Å². The summed E-state index contributed by atoms with van der Waals surface area (Å²) >= 11 is 0. The van der Waals surface area contributed by atoms with E-state index in [1.165, 1.54) is 11.0 Å². The molecular weight excluding hydrogens is 287 g/mol. The Hall–Kier alpha value is -1.82. The van der Waals surface area contributed by atoms with Gasteiger partial charge in [-0.3, -0.25) is 4.90 Å². The van der Waals surface area contributed by atoms with E-state index in [9.17, 15) is 9.18 Å². The van der Waals surface area contributed by atoms with Crippen molar-refractivity contribution in [3.8, 4) is 0 Å². The Balaban J connectivity index is 1.87. The lowest BCUT2D eigenvalue weighted by molar-refractivity contribution is 0.122. The number of morpholine rings is 1. The minimum absolute atomic E-state index is 0.116. The highest BCUT2D eigenvalue weighted by Crippen LogP contribution is 2.32. The number of rotatable bonds is 3. The molecule has 3 rings (SSSR count). The van der Waals surface area contributed by atoms with Crippen LogP contribution in [0.25, 0.3) is 0 Å². The highest BCUT2D eigenvalue weighted by atomic mass is 19.1. The van der Waals surface area contributed by atoms with E-state index in [2.05, 4.69) is 0 Å². The van der Waals surface area contributed by atoms with E-state index in [4.69, 9.17) is 9.47 Å². The molecule has 0 aliphatic carbocycles. The van der Waals surface area contributed by atoms with Gasteiger partial charge < -0.3 is 14.4 Å². The molecule has 22 heavy (non-hydrogen) atoms. The van der Waals surface area contributed by atoms with Gasteiger partial charge in [0.05, 0.1) is 31.1 Å². The van der Waals surface area contributed by atoms with Gasteiger partial charge in [0.15, 0.2) is 0 Å². The molecular formula is C16H21FN2O3. The van der Waals surface area contributed by atoms with Crippen molar-refractivity contribution in [1.82, 2.24) is 0 Å². The molecule has 120 valence electrons. The number of benzene rings is 1. The summed E-state index contributed by atoms with van der Waals surface area (Å²) in [5, 5.41) is 0. The molecule has 0 N–H and O–H groups in total. The SMILES string of the molecule is CCC1CN(c2cc(C)c(N3CCOCC3)c(F)c2)C(=O)O1. The summed E-state index contributed by atoms with van der Waals surface area (Å²) in [6.07, 6.45) is 0.245. The topological polar surface area (TPSA) is 42.0 Å². The van der Waals surface area contributed by atoms with Gasteiger partial charge in [-0.25, -0.2) is 9.18 Å². The number of ether oxygens (including phenoxy) is 2. The number of aryl methyl sites for hydroxylation is 1. The maximum Gasteiger partial charge on any atom is 0.414 e. The van der Waals surface area contributed by atoms with Crippen LogP contribution in [0.2, 0.25) is 0 Å². The Bertz CT molecular complexity index is 550. The normalized spacial score (nSPS) is 22.1. The summed E-state index contributed by atoms with van der Waals surface area (Å²) < 4.78 is 25.1. The molecule has 2 aliphatic rings. The van der Waals surface area contributed by atoms with Crippen molar-refractivity contribution in [3.63, 3.8) is 0 Å². The molecule has 2 saturated heterocycles. The van der Waals surface area contributed by atoms with Crippen LogP contribution in [-0.2, 0) is 9.47 Å². The first-order valence-electron chi connectivity index (χ1n) is 7.71. The monoisotopic (exact) mass is 308 g/mol. The minimum Gasteiger partial charge on any atom is -0.444 e. The molecule has 2 fully saturated rings. The average Bonchev–Trinajstić information content (AvgIpc) is 2.89. The van der Waals surface area contributed by atoms with Gasteiger partial charge in [0.2, 0.25) is 0 Å². The quantitative estimate of drug-likeness (QED) is 0.861. The first-order chi connectivity index (χ1) is 10.6. The predicted molar refractivity (Wildman–Crippen MR) is 82.1 cm³/mol. The standard InChI is InChI=1S/C16H21FN2O3/c1-3-13-10-19(16(20)22-13)12-8-11(2)15(14(17)9-12)18-4-6-21-7-5-18/h8-9,13H,3-7,10H2,1-2H3. The molecule has 5 nitrogen and oxygen atoms in total. The van der Waals surface area contributed by atoms with E-state index in [1.807, 2.05) is 24.8 Å². The van der Waals surface area contributed by atoms with Gasteiger partial charge in [-0.2, -0.15) is 0 Å². The number of carbonyl (C=O) groups excluding carboxylic acids is 1. The fourth-order valence-electron chi connectivity index (χ4n) is 3.01. The Kier molecular flexibility index (Phi) is 4.20. The molecule has 0 radical (unpaired) electrons. The van der Waals surface area contributed by atoms with Crippen molar-refractivity contribution >= 4 is 17.5 Å². The van der Waals surface area contributed by atoms with E-state index >= 15 is 0 Å². The van der Waals surface area contributed by atoms with Gasteiger partial charge in [0.1, 0.15) is 11.9 Å². The smallest absolute Gasteiger partial charge is 0.414 e. The molecule has 2 heterocycles. The Morgan fingerprint density at radius 2 is 2.05 bits per heavy atom. The summed E-state index contributed by atoms with van der Waals surface area (Å²) in [6.45, 7) is 6.89. The lowest BCUT2D eigenvalue weighted by Crippen LogP contribution is -2.37. The number of hydrogen-bond donors (Lipinski definition) is 0. The molecule has 0 saturated carbocycles. The van der Waals surface area contributed by atoms with Crippen LogP contribution in [0.5, 0.6) is 0 Å². The summed E-state index contributed by atoms with van der Waals surface area (Å²) in [7, 11) is 0. The second kappa shape index (κ2) is 6.12. The van der Waals surface area contributed by atoms with E-state index in [0.717, 1.165) is 12.0 Å². The van der Waals surface area contributed by atoms with Crippen molar-refractivity contribution < 1.29 is 18.7 Å². The van der Waals surface area contributed by atoms with Gasteiger partial charge in [-0.1, -0.05) is 6.92 Å². The fraction of sp³-hybridized carbons (Fsp3) is 0.562. The van der Waals surface area contributed by atoms with E-state index in [-0.39, 0.29) is 11.9 Å². The van der Waals surface area contributed by atoms with Gasteiger partial charge in [0.25, 0.3) is 0 Å². The van der Waals surface area contributed by atoms with Crippen LogP contribution in [0.4, 0.5) is 20.6 Å². The van der Waals surface area contributed by atoms with E-state index in [1.54, 1.807) is 0 Å². The number of amides is 1. The Morgan fingerprint density at radius 1 is 1.32 bits per heavy atom. The molecule has 6 heteroatoms. The van der Waals surface area contributed by atoms with Gasteiger partial charge in [-0.05, 0) is 31.0 Å². The molecule has 1 aromatic carbocycles. The highest BCUT2D eigenvalue weighted by Gasteiger charge is 2.32. The number of halogens is 1. The maximum absolute atomic E-state index is 14.6. The van der Waals surface area contributed by atoms with Crippen LogP contribution in [0.15, 0.2) is 12.1 Å². The third-order valence-electron chi connectivity index (χ3n) is 4.21. The fourth-order valence-corrected chi connectivity index (χ4v) is 3.01. The van der Waals surface area contributed by atoms with Crippen molar-refractivity contribution in [2.45, 2.75) is 26.4 Å². The van der Waals surface area contributed by atoms with Crippen LogP contribution >= 0.6 is 0 Å². The molecule has 0 bridgehead atoms. The lowest BCUT2D eigenvalue weighted by Gasteiger charge is -2.31. The van der Waals surface area contributed by atoms with Crippen LogP contribution in [0, 0.1) is 12.7 Å². The third-order valence-corrected chi connectivity index (χ3v) is 4.21. The first-order valence-corrected chi connectivity index (χ1v) is 7.71. The average molecular weight is 308 g/mol. The number of nitrogens with zero attached hydrogens (tertiary/aromatic N) is 2. The van der Waals surface area contributed by atoms with Gasteiger partial charge in [-0.15, -0.1) is 0 Å². The molecule has 1 unspecified atom stereocenters. The van der Waals surface area contributed by atoms with Gasteiger partial charge in [0, 0.05) is 13.1 Å². The van der Waals surface area contributed by atoms with Crippen LogP contribution < -0.4 is 9.80 Å². The second-order valence-electron chi connectivity index (χ2n) is 5.72. The minimum atomic E-state index is -0.398. The second-order valence-corrected chi connectivity index (χ2v) is 5.72. The summed E-state index contributed by atoms with van der Waals surface area (Å²) in [6, 6.07) is 3.28. The van der Waals surface area contributed by atoms with Crippen molar-refractivity contribution in [2.75, 3.05) is 42.6 Å². The molecule has 1 aromatic rings. The third kappa shape index (κ3) is 2.75. The maximum atomic E-state index is 14.6. The summed E-state index contributed by atoms with van der Waals surface area (Å²) in [5.74, 6) is -0.301. The largest absolute Gasteiger partial charge is 0.444 e. The van der Waals surface area contributed by atoms with Crippen LogP contribution in [-0.4, -0.2) is 45.0 Å². The van der Waals surface area contributed by atoms with Crippen molar-refractivity contribution in [1.29, 1.82) is 0 Å². The summed E-state index contributed by atoms with van der Waals surface area (Å²) in [4.78, 5) is 15.4. The van der Waals surface area contributed by atoms with Crippen molar-refractivity contribution in [3.05, 3.63) is 23.5 Å². The molecule has 0 aromatic heterocycles. The van der Waals surface area contributed by atoms with E-state index in [0.29, 0.717) is 44.2 Å².